The molecule has 0 saturated heterocycles. The lowest BCUT2D eigenvalue weighted by Gasteiger charge is -2.15. The largest absolute Gasteiger partial charge is 0.494 e. The fraction of sp³-hybridized carbons (Fsp3) is 0.379. The third kappa shape index (κ3) is 6.01. The van der Waals surface area contributed by atoms with Gasteiger partial charge in [-0.3, -0.25) is 4.79 Å². The fourth-order valence-electron chi connectivity index (χ4n) is 4.23. The van der Waals surface area contributed by atoms with E-state index < -0.39 is 17.8 Å². The molecule has 0 radical (unpaired) electrons. The van der Waals surface area contributed by atoms with Crippen LogP contribution in [0.3, 0.4) is 0 Å². The molecule has 0 aliphatic heterocycles. The Morgan fingerprint density at radius 3 is 2.67 bits per heavy atom. The predicted molar refractivity (Wildman–Crippen MR) is 146 cm³/mol. The Kier molecular flexibility index (Phi) is 7.39. The molecule has 2 aromatic heterocycles. The molecule has 0 amide bonds. The van der Waals surface area contributed by atoms with E-state index in [1.54, 1.807) is 37.3 Å². The van der Waals surface area contributed by atoms with Crippen molar-refractivity contribution < 1.29 is 28.2 Å². The Bertz CT molecular complexity index is 1570. The normalized spacial score (nSPS) is 15.2. The Hall–Kier alpha value is -3.79. The third-order valence-corrected chi connectivity index (χ3v) is 7.31. The quantitative estimate of drug-likeness (QED) is 0.213. The van der Waals surface area contributed by atoms with E-state index in [4.69, 9.17) is 31.2 Å². The van der Waals surface area contributed by atoms with Gasteiger partial charge in [0.15, 0.2) is 11.2 Å². The Labute approximate surface area is 234 Å². The van der Waals surface area contributed by atoms with E-state index >= 15 is 0 Å². The molecule has 210 valence electrons. The number of aliphatic carboxylic acids is 1. The second-order valence-electron chi connectivity index (χ2n) is 10.5. The second-order valence-corrected chi connectivity index (χ2v) is 10.9. The van der Waals surface area contributed by atoms with Crippen LogP contribution < -0.4 is 9.47 Å². The highest BCUT2D eigenvalue weighted by Crippen LogP contribution is 2.41. The summed E-state index contributed by atoms with van der Waals surface area (Å²) in [4.78, 5) is 24.7. The van der Waals surface area contributed by atoms with Gasteiger partial charge in [0.2, 0.25) is 5.88 Å². The molecule has 11 heteroatoms. The van der Waals surface area contributed by atoms with Gasteiger partial charge in [0, 0.05) is 18.1 Å². The van der Waals surface area contributed by atoms with Gasteiger partial charge in [-0.15, -0.1) is 0 Å². The van der Waals surface area contributed by atoms with Gasteiger partial charge in [-0.1, -0.05) is 36.7 Å². The van der Waals surface area contributed by atoms with Crippen LogP contribution in [-0.4, -0.2) is 42.8 Å². The number of imidazole rings is 1. The molecule has 1 aliphatic carbocycles. The van der Waals surface area contributed by atoms with Crippen molar-refractivity contribution in [2.24, 2.45) is 5.92 Å². The number of nitrogens with zero attached hydrogens (tertiary/aromatic N) is 4. The maximum atomic E-state index is 14.1. The predicted octanol–water partition coefficient (Wildman–Crippen LogP) is 6.73. The molecule has 2 aromatic carbocycles. The van der Waals surface area contributed by atoms with Crippen molar-refractivity contribution in [3.05, 3.63) is 64.9 Å². The van der Waals surface area contributed by atoms with E-state index in [1.165, 1.54) is 18.5 Å². The number of hydrogen-bond donors (Lipinski definition) is 1. The summed E-state index contributed by atoms with van der Waals surface area (Å²) >= 11 is 6.71. The SMILES string of the molecule is C[C@H](CCOc1ccc(-c2nc3c(OC4(C)CC4)ncnc3n2Cc2cccc(C(C)(F)F)c2)c(Cl)c1)C(=O)O. The average Bonchev–Trinajstić information content (AvgIpc) is 3.51. The lowest BCUT2D eigenvalue weighted by atomic mass is 10.1. The average molecular weight is 571 g/mol. The topological polar surface area (TPSA) is 99.4 Å². The van der Waals surface area contributed by atoms with Crippen molar-refractivity contribution in [1.82, 2.24) is 19.5 Å². The molecular formula is C29H29ClF2N4O4. The smallest absolute Gasteiger partial charge is 0.306 e. The van der Waals surface area contributed by atoms with E-state index in [-0.39, 0.29) is 24.3 Å². The molecule has 1 aliphatic rings. The highest BCUT2D eigenvalue weighted by Gasteiger charge is 2.41. The first-order chi connectivity index (χ1) is 18.9. The number of rotatable bonds is 11. The van der Waals surface area contributed by atoms with Gasteiger partial charge in [-0.2, -0.15) is 4.98 Å². The Morgan fingerprint density at radius 1 is 1.23 bits per heavy atom. The van der Waals surface area contributed by atoms with Crippen LogP contribution in [0.2, 0.25) is 5.02 Å². The maximum Gasteiger partial charge on any atom is 0.306 e. The summed E-state index contributed by atoms with van der Waals surface area (Å²) in [7, 11) is 0. The van der Waals surface area contributed by atoms with Crippen molar-refractivity contribution in [2.45, 2.75) is 58.1 Å². The Balaban J connectivity index is 1.53. The number of hydrogen-bond acceptors (Lipinski definition) is 6. The number of carbonyl (C=O) groups is 1. The summed E-state index contributed by atoms with van der Waals surface area (Å²) in [6.45, 7) is 4.90. The number of fused-ring (bicyclic) bond motifs is 1. The minimum absolute atomic E-state index is 0.0898. The molecule has 4 aromatic rings. The molecule has 1 fully saturated rings. The Morgan fingerprint density at radius 2 is 2.00 bits per heavy atom. The van der Waals surface area contributed by atoms with Crippen LogP contribution >= 0.6 is 11.6 Å². The number of alkyl halides is 2. The minimum Gasteiger partial charge on any atom is -0.494 e. The molecule has 1 N–H and O–H groups in total. The van der Waals surface area contributed by atoms with Crippen LogP contribution in [0.5, 0.6) is 11.6 Å². The lowest BCUT2D eigenvalue weighted by molar-refractivity contribution is -0.141. The molecule has 8 nitrogen and oxygen atoms in total. The molecule has 1 atom stereocenters. The first-order valence-corrected chi connectivity index (χ1v) is 13.3. The number of carboxylic acid groups (broad SMARTS) is 1. The van der Waals surface area contributed by atoms with Crippen molar-refractivity contribution >= 4 is 28.7 Å². The van der Waals surface area contributed by atoms with Crippen molar-refractivity contribution in [3.63, 3.8) is 0 Å². The lowest BCUT2D eigenvalue weighted by Crippen LogP contribution is -2.13. The van der Waals surface area contributed by atoms with Crippen molar-refractivity contribution in [1.29, 1.82) is 0 Å². The van der Waals surface area contributed by atoms with Crippen LogP contribution in [0.1, 0.15) is 51.2 Å². The van der Waals surface area contributed by atoms with E-state index in [1.807, 2.05) is 11.5 Å². The number of carboxylic acids is 1. The number of aromatic nitrogens is 4. The number of benzene rings is 2. The van der Waals surface area contributed by atoms with Crippen molar-refractivity contribution in [2.75, 3.05) is 6.61 Å². The molecule has 0 spiro atoms. The molecular weight excluding hydrogens is 542 g/mol. The fourth-order valence-corrected chi connectivity index (χ4v) is 4.48. The van der Waals surface area contributed by atoms with E-state index in [9.17, 15) is 13.6 Å². The van der Waals surface area contributed by atoms with Crippen LogP contribution in [0.15, 0.2) is 48.8 Å². The number of halogens is 3. The summed E-state index contributed by atoms with van der Waals surface area (Å²) in [6.07, 6.45) is 3.56. The summed E-state index contributed by atoms with van der Waals surface area (Å²) in [5.41, 5.74) is 1.75. The molecule has 2 heterocycles. The van der Waals surface area contributed by atoms with Gasteiger partial charge in [0.25, 0.3) is 5.92 Å². The van der Waals surface area contributed by atoms with Gasteiger partial charge >= 0.3 is 5.97 Å². The van der Waals surface area contributed by atoms with Crippen LogP contribution in [0.25, 0.3) is 22.6 Å². The van der Waals surface area contributed by atoms with Gasteiger partial charge in [0.05, 0.1) is 24.1 Å². The molecule has 5 rings (SSSR count). The van der Waals surface area contributed by atoms with Gasteiger partial charge in [-0.05, 0) is 56.0 Å². The zero-order chi connectivity index (χ0) is 28.7. The highest BCUT2D eigenvalue weighted by atomic mass is 35.5. The van der Waals surface area contributed by atoms with Gasteiger partial charge in [0.1, 0.15) is 23.5 Å². The van der Waals surface area contributed by atoms with E-state index in [0.29, 0.717) is 51.2 Å². The standard InChI is InChI=1S/C29H29ClF2N4O4/c1-17(27(37)38)9-12-39-20-7-8-21(22(30)14-20)24-35-23-25(33-16-34-26(23)40-28(2)10-11-28)36(24)15-18-5-4-6-19(13-18)29(3,31)32/h4-8,13-14,16-17H,9-12,15H2,1-3H3,(H,37,38)/t17-/m1/s1. The van der Waals surface area contributed by atoms with E-state index in [2.05, 4.69) is 9.97 Å². The van der Waals surface area contributed by atoms with Gasteiger partial charge in [-0.25, -0.2) is 18.7 Å². The molecule has 0 unspecified atom stereocenters. The molecule has 1 saturated carbocycles. The second kappa shape index (κ2) is 10.6. The minimum atomic E-state index is -2.99. The summed E-state index contributed by atoms with van der Waals surface area (Å²) in [5, 5.41) is 9.42. The van der Waals surface area contributed by atoms with Crippen molar-refractivity contribution in [3.8, 4) is 23.0 Å². The summed E-state index contributed by atoms with van der Waals surface area (Å²) < 4.78 is 41.8. The summed E-state index contributed by atoms with van der Waals surface area (Å²) in [5.74, 6) is -3.10. The summed E-state index contributed by atoms with van der Waals surface area (Å²) in [6, 6.07) is 11.3. The maximum absolute atomic E-state index is 14.1. The third-order valence-electron chi connectivity index (χ3n) is 6.99. The monoisotopic (exact) mass is 570 g/mol. The van der Waals surface area contributed by atoms with E-state index in [0.717, 1.165) is 19.8 Å². The zero-order valence-corrected chi connectivity index (χ0v) is 23.1. The van der Waals surface area contributed by atoms with Crippen LogP contribution in [-0.2, 0) is 17.3 Å². The zero-order valence-electron chi connectivity index (χ0n) is 22.3. The molecule has 40 heavy (non-hydrogen) atoms. The number of ether oxygens (including phenoxy) is 2. The van der Waals surface area contributed by atoms with Crippen LogP contribution in [0.4, 0.5) is 8.78 Å². The van der Waals surface area contributed by atoms with Crippen LogP contribution in [0, 0.1) is 5.92 Å². The van der Waals surface area contributed by atoms with Gasteiger partial charge < -0.3 is 19.1 Å². The first kappa shape index (κ1) is 27.8. The molecule has 0 bridgehead atoms. The highest BCUT2D eigenvalue weighted by molar-refractivity contribution is 6.33. The first-order valence-electron chi connectivity index (χ1n) is 13.0.